The Morgan fingerprint density at radius 2 is 2.14 bits per heavy atom. The highest BCUT2D eigenvalue weighted by Crippen LogP contribution is 2.26. The topological polar surface area (TPSA) is 92.8 Å². The SMILES string of the molecule is CC(=O)OCC(=O)Nc1cccc(N2CCCS2(=O)=O)c1. The predicted octanol–water partition coefficient (Wildman–Crippen LogP) is 0.728. The maximum absolute atomic E-state index is 11.9. The second-order valence-electron chi connectivity index (χ2n) is 4.62. The highest BCUT2D eigenvalue weighted by atomic mass is 32.2. The first kappa shape index (κ1) is 15.3. The van der Waals surface area contributed by atoms with E-state index in [-0.39, 0.29) is 12.4 Å². The molecule has 0 unspecified atom stereocenters. The molecular weight excluding hydrogens is 296 g/mol. The predicted molar refractivity (Wildman–Crippen MR) is 77.5 cm³/mol. The molecule has 0 aliphatic carbocycles. The van der Waals surface area contributed by atoms with E-state index in [9.17, 15) is 18.0 Å². The van der Waals surface area contributed by atoms with Crippen LogP contribution in [0.5, 0.6) is 0 Å². The van der Waals surface area contributed by atoms with Crippen molar-refractivity contribution in [2.75, 3.05) is 28.5 Å². The molecule has 1 aromatic rings. The maximum Gasteiger partial charge on any atom is 0.303 e. The molecule has 0 aromatic heterocycles. The number of hydrogen-bond acceptors (Lipinski definition) is 5. The number of anilines is 2. The molecule has 0 atom stereocenters. The molecule has 8 heteroatoms. The van der Waals surface area contributed by atoms with E-state index >= 15 is 0 Å². The summed E-state index contributed by atoms with van der Waals surface area (Å²) in [5, 5.41) is 2.55. The first-order valence-electron chi connectivity index (χ1n) is 6.42. The molecule has 1 amide bonds. The average molecular weight is 312 g/mol. The normalized spacial score (nSPS) is 16.5. The van der Waals surface area contributed by atoms with E-state index in [0.717, 1.165) is 0 Å². The molecule has 1 aliphatic heterocycles. The molecule has 114 valence electrons. The Hall–Kier alpha value is -2.09. The molecule has 1 heterocycles. The van der Waals surface area contributed by atoms with Crippen LogP contribution in [0, 0.1) is 0 Å². The fraction of sp³-hybridized carbons (Fsp3) is 0.385. The van der Waals surface area contributed by atoms with E-state index in [1.165, 1.54) is 11.2 Å². The number of amides is 1. The van der Waals surface area contributed by atoms with Gasteiger partial charge in [0.05, 0.1) is 11.4 Å². The van der Waals surface area contributed by atoms with E-state index in [1.54, 1.807) is 24.3 Å². The van der Waals surface area contributed by atoms with Crippen LogP contribution in [0.2, 0.25) is 0 Å². The molecule has 1 aromatic carbocycles. The summed E-state index contributed by atoms with van der Waals surface area (Å²) in [7, 11) is -3.26. The molecule has 21 heavy (non-hydrogen) atoms. The molecule has 1 aliphatic rings. The fourth-order valence-electron chi connectivity index (χ4n) is 2.03. The first-order valence-corrected chi connectivity index (χ1v) is 8.03. The smallest absolute Gasteiger partial charge is 0.303 e. The average Bonchev–Trinajstić information content (AvgIpc) is 2.76. The number of sulfonamides is 1. The minimum absolute atomic E-state index is 0.135. The molecule has 0 spiro atoms. The van der Waals surface area contributed by atoms with Crippen LogP contribution >= 0.6 is 0 Å². The van der Waals surface area contributed by atoms with Crippen molar-refractivity contribution in [3.8, 4) is 0 Å². The summed E-state index contributed by atoms with van der Waals surface area (Å²) in [5.41, 5.74) is 0.963. The zero-order chi connectivity index (χ0) is 15.5. The van der Waals surface area contributed by atoms with Gasteiger partial charge in [-0.3, -0.25) is 13.9 Å². The number of carbonyl (C=O) groups excluding carboxylic acids is 2. The van der Waals surface area contributed by atoms with Gasteiger partial charge in [0, 0.05) is 19.2 Å². The van der Waals surface area contributed by atoms with Gasteiger partial charge in [-0.05, 0) is 24.6 Å². The van der Waals surface area contributed by atoms with Crippen LogP contribution in [0.15, 0.2) is 24.3 Å². The summed E-state index contributed by atoms with van der Waals surface area (Å²) in [4.78, 5) is 22.2. The van der Waals surface area contributed by atoms with Gasteiger partial charge in [-0.1, -0.05) is 6.07 Å². The quantitative estimate of drug-likeness (QED) is 0.827. The van der Waals surface area contributed by atoms with Gasteiger partial charge in [-0.25, -0.2) is 8.42 Å². The van der Waals surface area contributed by atoms with Crippen molar-refractivity contribution in [3.05, 3.63) is 24.3 Å². The van der Waals surface area contributed by atoms with Crippen molar-refractivity contribution < 1.29 is 22.7 Å². The number of benzene rings is 1. The van der Waals surface area contributed by atoms with Gasteiger partial charge in [0.1, 0.15) is 0 Å². The summed E-state index contributed by atoms with van der Waals surface area (Å²) in [6, 6.07) is 6.54. The number of ether oxygens (including phenoxy) is 1. The third kappa shape index (κ3) is 3.94. The van der Waals surface area contributed by atoms with Gasteiger partial charge >= 0.3 is 5.97 Å². The summed E-state index contributed by atoms with van der Waals surface area (Å²) in [6.07, 6.45) is 0.589. The third-order valence-electron chi connectivity index (χ3n) is 2.92. The fourth-order valence-corrected chi connectivity index (χ4v) is 3.59. The molecule has 1 saturated heterocycles. The minimum Gasteiger partial charge on any atom is -0.456 e. The highest BCUT2D eigenvalue weighted by Gasteiger charge is 2.28. The summed E-state index contributed by atoms with van der Waals surface area (Å²) in [5.74, 6) is -0.885. The minimum atomic E-state index is -3.26. The van der Waals surface area contributed by atoms with Gasteiger partial charge in [0.15, 0.2) is 6.61 Å². The lowest BCUT2D eigenvalue weighted by atomic mass is 10.2. The van der Waals surface area contributed by atoms with Crippen LogP contribution in [0.4, 0.5) is 11.4 Å². The molecule has 0 radical (unpaired) electrons. The van der Waals surface area contributed by atoms with Crippen molar-refractivity contribution in [2.45, 2.75) is 13.3 Å². The Morgan fingerprint density at radius 3 is 2.76 bits per heavy atom. The van der Waals surface area contributed by atoms with Crippen LogP contribution in [-0.4, -0.2) is 39.2 Å². The number of carbonyl (C=O) groups is 2. The molecule has 0 saturated carbocycles. The Morgan fingerprint density at radius 1 is 1.38 bits per heavy atom. The van der Waals surface area contributed by atoms with Crippen LogP contribution in [0.1, 0.15) is 13.3 Å². The molecular formula is C13H16N2O5S. The van der Waals surface area contributed by atoms with Crippen molar-refractivity contribution in [2.24, 2.45) is 0 Å². The number of rotatable bonds is 4. The number of nitrogens with zero attached hydrogens (tertiary/aromatic N) is 1. The largest absolute Gasteiger partial charge is 0.456 e. The summed E-state index contributed by atoms with van der Waals surface area (Å²) < 4.78 is 29.6. The van der Waals surface area contributed by atoms with Gasteiger partial charge in [-0.2, -0.15) is 0 Å². The summed E-state index contributed by atoms with van der Waals surface area (Å²) >= 11 is 0. The molecule has 1 N–H and O–H groups in total. The Bertz CT molecular complexity index is 656. The van der Waals surface area contributed by atoms with E-state index in [0.29, 0.717) is 24.3 Å². The molecule has 0 bridgehead atoms. The lowest BCUT2D eigenvalue weighted by molar-refractivity contribution is -0.144. The van der Waals surface area contributed by atoms with Crippen molar-refractivity contribution in [3.63, 3.8) is 0 Å². The van der Waals surface area contributed by atoms with E-state index < -0.39 is 21.9 Å². The van der Waals surface area contributed by atoms with Crippen LogP contribution in [-0.2, 0) is 24.3 Å². The lowest BCUT2D eigenvalue weighted by Crippen LogP contribution is -2.25. The van der Waals surface area contributed by atoms with Crippen molar-refractivity contribution in [1.29, 1.82) is 0 Å². The van der Waals surface area contributed by atoms with E-state index in [4.69, 9.17) is 0 Å². The summed E-state index contributed by atoms with van der Waals surface area (Å²) in [6.45, 7) is 1.28. The monoisotopic (exact) mass is 312 g/mol. The molecule has 1 fully saturated rings. The van der Waals surface area contributed by atoms with Gasteiger partial charge in [0.25, 0.3) is 5.91 Å². The van der Waals surface area contributed by atoms with Crippen molar-refractivity contribution in [1.82, 2.24) is 0 Å². The van der Waals surface area contributed by atoms with Crippen LogP contribution in [0.3, 0.4) is 0 Å². The van der Waals surface area contributed by atoms with E-state index in [1.807, 2.05) is 0 Å². The Labute approximate surface area is 122 Å². The Kier molecular flexibility index (Phi) is 4.46. The lowest BCUT2D eigenvalue weighted by Gasteiger charge is -2.17. The van der Waals surface area contributed by atoms with Gasteiger partial charge < -0.3 is 10.1 Å². The van der Waals surface area contributed by atoms with Crippen LogP contribution < -0.4 is 9.62 Å². The second-order valence-corrected chi connectivity index (χ2v) is 6.63. The number of esters is 1. The van der Waals surface area contributed by atoms with Crippen LogP contribution in [0.25, 0.3) is 0 Å². The zero-order valence-corrected chi connectivity index (χ0v) is 12.4. The zero-order valence-electron chi connectivity index (χ0n) is 11.5. The number of hydrogen-bond donors (Lipinski definition) is 1. The standard InChI is InChI=1S/C13H16N2O5S/c1-10(16)20-9-13(17)14-11-4-2-5-12(8-11)15-6-3-7-21(15,18)19/h2,4-5,8H,3,6-7,9H2,1H3,(H,14,17). The second kappa shape index (κ2) is 6.13. The third-order valence-corrected chi connectivity index (χ3v) is 4.79. The Balaban J connectivity index is 2.08. The van der Waals surface area contributed by atoms with Gasteiger partial charge in [-0.15, -0.1) is 0 Å². The maximum atomic E-state index is 11.9. The highest BCUT2D eigenvalue weighted by molar-refractivity contribution is 7.93. The van der Waals surface area contributed by atoms with Gasteiger partial charge in [0.2, 0.25) is 10.0 Å². The molecule has 7 nitrogen and oxygen atoms in total. The number of nitrogens with one attached hydrogen (secondary N) is 1. The van der Waals surface area contributed by atoms with Crippen molar-refractivity contribution >= 4 is 33.3 Å². The first-order chi connectivity index (χ1) is 9.88. The molecule has 2 rings (SSSR count). The van der Waals surface area contributed by atoms with E-state index in [2.05, 4.69) is 10.1 Å².